The molecule has 1 saturated carbocycles. The minimum absolute atomic E-state index is 0.0676. The molecule has 0 unspecified atom stereocenters. The van der Waals surface area contributed by atoms with Crippen LogP contribution in [0.5, 0.6) is 0 Å². The molecular weight excluding hydrogens is 305 g/mol. The first-order chi connectivity index (χ1) is 10.2. The van der Waals surface area contributed by atoms with E-state index in [9.17, 15) is 17.6 Å². The first kappa shape index (κ1) is 17.7. The monoisotopic (exact) mass is 333 g/mol. The van der Waals surface area contributed by atoms with Crippen LogP contribution < -0.4 is 0 Å². The number of alkyl halides is 1. The van der Waals surface area contributed by atoms with Crippen molar-refractivity contribution in [2.75, 3.05) is 18.8 Å². The molecule has 1 aliphatic carbocycles. The Morgan fingerprint density at radius 1 is 1.23 bits per heavy atom. The van der Waals surface area contributed by atoms with Crippen molar-refractivity contribution in [1.29, 1.82) is 0 Å². The van der Waals surface area contributed by atoms with E-state index < -0.39 is 26.7 Å². The fourth-order valence-electron chi connectivity index (χ4n) is 3.41. The molecule has 0 bridgehead atoms. The van der Waals surface area contributed by atoms with Gasteiger partial charge in [-0.05, 0) is 32.6 Å². The van der Waals surface area contributed by atoms with Gasteiger partial charge in [-0.15, -0.1) is 0 Å². The molecule has 1 heterocycles. The van der Waals surface area contributed by atoms with E-state index in [4.69, 9.17) is 0 Å². The zero-order valence-electron chi connectivity index (χ0n) is 13.7. The second-order valence-corrected chi connectivity index (χ2v) is 10.1. The molecule has 2 rings (SSSR count). The van der Waals surface area contributed by atoms with E-state index in [1.807, 2.05) is 0 Å². The molecule has 0 N–H and O–H groups in total. The van der Waals surface area contributed by atoms with E-state index in [-0.39, 0.29) is 12.3 Å². The predicted molar refractivity (Wildman–Crippen MR) is 85.2 cm³/mol. The topological polar surface area (TPSA) is 54.5 Å². The summed E-state index contributed by atoms with van der Waals surface area (Å²) < 4.78 is 37.8. The zero-order valence-corrected chi connectivity index (χ0v) is 14.5. The van der Waals surface area contributed by atoms with Crippen LogP contribution in [-0.2, 0) is 14.6 Å². The number of halogens is 1. The highest BCUT2D eigenvalue weighted by atomic mass is 32.2. The van der Waals surface area contributed by atoms with E-state index in [0.717, 1.165) is 25.7 Å². The molecule has 2 aliphatic rings. The van der Waals surface area contributed by atoms with Crippen LogP contribution in [0.3, 0.4) is 0 Å². The van der Waals surface area contributed by atoms with Crippen molar-refractivity contribution >= 4 is 15.7 Å². The summed E-state index contributed by atoms with van der Waals surface area (Å²) in [6.07, 6.45) is 4.67. The molecule has 1 amide bonds. The Morgan fingerprint density at radius 2 is 1.86 bits per heavy atom. The Bertz CT molecular complexity index is 498. The summed E-state index contributed by atoms with van der Waals surface area (Å²) in [6.45, 7) is 3.82. The fraction of sp³-hybridized carbons (Fsp3) is 0.938. The summed E-state index contributed by atoms with van der Waals surface area (Å²) in [7, 11) is -3.23. The normalized spacial score (nSPS) is 27.1. The molecule has 1 atom stereocenters. The van der Waals surface area contributed by atoms with Gasteiger partial charge >= 0.3 is 0 Å². The molecule has 4 nitrogen and oxygen atoms in total. The van der Waals surface area contributed by atoms with E-state index in [1.54, 1.807) is 13.8 Å². The van der Waals surface area contributed by atoms with Crippen molar-refractivity contribution in [2.45, 2.75) is 69.7 Å². The van der Waals surface area contributed by atoms with Crippen LogP contribution in [0.1, 0.15) is 58.8 Å². The average Bonchev–Trinajstić information content (AvgIpc) is 2.57. The summed E-state index contributed by atoms with van der Waals surface area (Å²) in [4.78, 5) is 13.7. The largest absolute Gasteiger partial charge is 0.339 e. The molecular formula is C16H28FNO3S. The number of carbonyl (C=O) groups excluding carboxylic acids is 1. The van der Waals surface area contributed by atoms with Gasteiger partial charge in [0.1, 0.15) is 0 Å². The highest BCUT2D eigenvalue weighted by molar-refractivity contribution is 7.92. The highest BCUT2D eigenvalue weighted by Crippen LogP contribution is 2.30. The first-order valence-electron chi connectivity index (χ1n) is 8.38. The van der Waals surface area contributed by atoms with Crippen molar-refractivity contribution in [2.24, 2.45) is 5.92 Å². The smallest absolute Gasteiger partial charge is 0.257 e. The Morgan fingerprint density at radius 3 is 2.50 bits per heavy atom. The van der Waals surface area contributed by atoms with Crippen LogP contribution in [0.15, 0.2) is 0 Å². The molecule has 0 radical (unpaired) electrons. The molecule has 128 valence electrons. The lowest BCUT2D eigenvalue weighted by atomic mass is 9.85. The van der Waals surface area contributed by atoms with Crippen LogP contribution in [0.2, 0.25) is 0 Å². The third-order valence-electron chi connectivity index (χ3n) is 5.30. The molecule has 0 spiro atoms. The van der Waals surface area contributed by atoms with Crippen LogP contribution in [-0.4, -0.2) is 49.0 Å². The second-order valence-electron chi connectivity index (χ2n) is 7.36. The Kier molecular flexibility index (Phi) is 5.51. The van der Waals surface area contributed by atoms with Crippen molar-refractivity contribution < 1.29 is 17.6 Å². The number of sulfone groups is 1. The van der Waals surface area contributed by atoms with Crippen LogP contribution in [0.25, 0.3) is 0 Å². The average molecular weight is 333 g/mol. The number of carbonyl (C=O) groups is 1. The summed E-state index contributed by atoms with van der Waals surface area (Å²) in [5.74, 6) is -0.277. The third-order valence-corrected chi connectivity index (χ3v) is 7.91. The van der Waals surface area contributed by atoms with Gasteiger partial charge in [-0.3, -0.25) is 4.79 Å². The minimum atomic E-state index is -3.23. The maximum Gasteiger partial charge on any atom is 0.257 e. The number of hydrogen-bond acceptors (Lipinski definition) is 3. The van der Waals surface area contributed by atoms with Gasteiger partial charge in [0.15, 0.2) is 16.0 Å². The number of nitrogens with zero attached hydrogens (tertiary/aromatic N) is 1. The highest BCUT2D eigenvalue weighted by Gasteiger charge is 2.39. The summed E-state index contributed by atoms with van der Waals surface area (Å²) in [6, 6.07) is 0. The first-order valence-corrected chi connectivity index (χ1v) is 10.0. The maximum atomic E-state index is 14.3. The molecule has 0 aromatic carbocycles. The standard InChI is InChI=1S/C16H28FNO3S/c1-16(2)8-9-18(10-11-22(16,20)21)15(19)14(17)12-13-6-4-3-5-7-13/h13-14H,3-12H2,1-2H3/t14-/m1/s1. The summed E-state index contributed by atoms with van der Waals surface area (Å²) >= 11 is 0. The van der Waals surface area contributed by atoms with Crippen molar-refractivity contribution in [1.82, 2.24) is 4.90 Å². The molecule has 0 aromatic heterocycles. The van der Waals surface area contributed by atoms with Gasteiger partial charge in [0.2, 0.25) is 0 Å². The van der Waals surface area contributed by atoms with E-state index in [2.05, 4.69) is 0 Å². The Hall–Kier alpha value is -0.650. The minimum Gasteiger partial charge on any atom is -0.339 e. The van der Waals surface area contributed by atoms with Gasteiger partial charge in [0.25, 0.3) is 5.91 Å². The lowest BCUT2D eigenvalue weighted by Crippen LogP contribution is -2.40. The van der Waals surface area contributed by atoms with Gasteiger partial charge in [0.05, 0.1) is 10.5 Å². The van der Waals surface area contributed by atoms with Crippen LogP contribution >= 0.6 is 0 Å². The van der Waals surface area contributed by atoms with Gasteiger partial charge in [-0.25, -0.2) is 12.8 Å². The van der Waals surface area contributed by atoms with Gasteiger partial charge in [0, 0.05) is 13.1 Å². The van der Waals surface area contributed by atoms with Crippen molar-refractivity contribution in [3.05, 3.63) is 0 Å². The SMILES string of the molecule is CC1(C)CCN(C(=O)[C@H](F)CC2CCCCC2)CCS1(=O)=O. The van der Waals surface area contributed by atoms with Gasteiger partial charge in [-0.1, -0.05) is 32.1 Å². The maximum absolute atomic E-state index is 14.3. The van der Waals surface area contributed by atoms with Gasteiger partial charge < -0.3 is 4.90 Å². The summed E-state index contributed by atoms with van der Waals surface area (Å²) in [5, 5.41) is 0. The third kappa shape index (κ3) is 4.00. The molecule has 1 aliphatic heterocycles. The molecule has 0 aromatic rings. The number of rotatable bonds is 3. The molecule has 1 saturated heterocycles. The van der Waals surface area contributed by atoms with Gasteiger partial charge in [-0.2, -0.15) is 0 Å². The fourth-order valence-corrected chi connectivity index (χ4v) is 4.83. The molecule has 22 heavy (non-hydrogen) atoms. The van der Waals surface area contributed by atoms with Crippen LogP contribution in [0, 0.1) is 5.92 Å². The lowest BCUT2D eigenvalue weighted by Gasteiger charge is -2.26. The molecule has 6 heteroatoms. The van der Waals surface area contributed by atoms with Crippen molar-refractivity contribution in [3.63, 3.8) is 0 Å². The lowest BCUT2D eigenvalue weighted by molar-refractivity contribution is -0.137. The predicted octanol–water partition coefficient (Wildman–Crippen LogP) is 2.72. The quantitative estimate of drug-likeness (QED) is 0.798. The summed E-state index contributed by atoms with van der Waals surface area (Å²) in [5.41, 5.74) is 0. The van der Waals surface area contributed by atoms with E-state index >= 15 is 0 Å². The Labute approximate surface area is 133 Å². The molecule has 2 fully saturated rings. The Balaban J connectivity index is 1.94. The van der Waals surface area contributed by atoms with E-state index in [1.165, 1.54) is 11.3 Å². The number of amides is 1. The second kappa shape index (κ2) is 6.85. The van der Waals surface area contributed by atoms with E-state index in [0.29, 0.717) is 25.3 Å². The zero-order chi connectivity index (χ0) is 16.4. The van der Waals surface area contributed by atoms with Crippen molar-refractivity contribution in [3.8, 4) is 0 Å². The van der Waals surface area contributed by atoms with Crippen LogP contribution in [0.4, 0.5) is 4.39 Å². The number of hydrogen-bond donors (Lipinski definition) is 0.